The van der Waals surface area contributed by atoms with Gasteiger partial charge in [-0.2, -0.15) is 15.5 Å². The summed E-state index contributed by atoms with van der Waals surface area (Å²) in [6, 6.07) is 5.64. The minimum absolute atomic E-state index is 0.0181. The molecule has 0 aromatic carbocycles. The number of nitrogens with one attached hydrogen (secondary N) is 1. The summed E-state index contributed by atoms with van der Waals surface area (Å²) < 4.78 is 3.31. The zero-order valence-electron chi connectivity index (χ0n) is 15.8. The van der Waals surface area contributed by atoms with Gasteiger partial charge in [0.1, 0.15) is 5.69 Å². The van der Waals surface area contributed by atoms with E-state index in [4.69, 9.17) is 5.73 Å². The Kier molecular flexibility index (Phi) is 4.99. The SMILES string of the molecule is N#CCC(C1CCCC1)n1cc(-c2c(NC=O)cnn3c(C(N)=O)ccc23)cn1. The fraction of sp³-hybridized carbons (Fsp3) is 0.350. The first kappa shape index (κ1) is 18.7. The summed E-state index contributed by atoms with van der Waals surface area (Å²) in [7, 11) is 0. The quantitative estimate of drug-likeness (QED) is 0.597. The molecule has 1 aliphatic carbocycles. The number of aromatic nitrogens is 4. The summed E-state index contributed by atoms with van der Waals surface area (Å²) in [5, 5.41) is 20.7. The second-order valence-electron chi connectivity index (χ2n) is 7.26. The summed E-state index contributed by atoms with van der Waals surface area (Å²) in [6.45, 7) is 0. The highest BCUT2D eigenvalue weighted by atomic mass is 16.1. The zero-order chi connectivity index (χ0) is 20.4. The Labute approximate surface area is 167 Å². The highest BCUT2D eigenvalue weighted by molar-refractivity contribution is 5.97. The Bertz CT molecular complexity index is 1100. The molecule has 1 fully saturated rings. The number of nitriles is 1. The van der Waals surface area contributed by atoms with Crippen LogP contribution in [0.5, 0.6) is 0 Å². The van der Waals surface area contributed by atoms with Crippen LogP contribution in [0.1, 0.15) is 48.6 Å². The van der Waals surface area contributed by atoms with Crippen molar-refractivity contribution in [2.24, 2.45) is 11.7 Å². The van der Waals surface area contributed by atoms with Crippen LogP contribution < -0.4 is 11.1 Å². The Morgan fingerprint density at radius 1 is 1.34 bits per heavy atom. The molecule has 3 heterocycles. The number of nitrogens with two attached hydrogens (primary N) is 1. The standard InChI is InChI=1S/C20H21N7O2/c21-8-7-16(13-3-1-2-4-13)26-11-14(9-24-26)19-15(23-12-28)10-25-27-17(19)5-6-18(27)20(22)29/h5-6,9-13,16H,1-4,7H2,(H2,22,29)(H,23,28). The number of hydrogen-bond donors (Lipinski definition) is 2. The number of rotatable bonds is 7. The van der Waals surface area contributed by atoms with E-state index in [2.05, 4.69) is 21.6 Å². The van der Waals surface area contributed by atoms with Crippen molar-refractivity contribution in [1.29, 1.82) is 5.26 Å². The van der Waals surface area contributed by atoms with Crippen molar-refractivity contribution in [2.75, 3.05) is 5.32 Å². The van der Waals surface area contributed by atoms with E-state index in [0.717, 1.165) is 18.4 Å². The van der Waals surface area contributed by atoms with Gasteiger partial charge in [-0.25, -0.2) is 4.52 Å². The molecule has 0 aliphatic heterocycles. The largest absolute Gasteiger partial charge is 0.364 e. The number of fused-ring (bicyclic) bond motifs is 1. The van der Waals surface area contributed by atoms with E-state index in [9.17, 15) is 14.9 Å². The summed E-state index contributed by atoms with van der Waals surface area (Å²) >= 11 is 0. The lowest BCUT2D eigenvalue weighted by atomic mass is 9.96. The molecule has 9 nitrogen and oxygen atoms in total. The third kappa shape index (κ3) is 3.33. The third-order valence-corrected chi connectivity index (χ3v) is 5.62. The maximum absolute atomic E-state index is 11.7. The van der Waals surface area contributed by atoms with E-state index >= 15 is 0 Å². The first-order chi connectivity index (χ1) is 14.1. The van der Waals surface area contributed by atoms with E-state index in [1.165, 1.54) is 23.6 Å². The van der Waals surface area contributed by atoms with Crippen LogP contribution in [0.15, 0.2) is 30.7 Å². The smallest absolute Gasteiger partial charge is 0.267 e. The van der Waals surface area contributed by atoms with Crippen LogP contribution in [0, 0.1) is 17.2 Å². The van der Waals surface area contributed by atoms with Gasteiger partial charge in [0.05, 0.1) is 42.1 Å². The predicted molar refractivity (Wildman–Crippen MR) is 106 cm³/mol. The lowest BCUT2D eigenvalue weighted by molar-refractivity contribution is -0.105. The Hall–Kier alpha value is -3.67. The van der Waals surface area contributed by atoms with Gasteiger partial charge in [0.25, 0.3) is 5.91 Å². The number of hydrogen-bond acceptors (Lipinski definition) is 5. The van der Waals surface area contributed by atoms with Crippen molar-refractivity contribution < 1.29 is 9.59 Å². The molecule has 148 valence electrons. The number of primary amides is 1. The fourth-order valence-electron chi connectivity index (χ4n) is 4.28. The third-order valence-electron chi connectivity index (χ3n) is 5.62. The highest BCUT2D eigenvalue weighted by Crippen LogP contribution is 2.38. The van der Waals surface area contributed by atoms with Gasteiger partial charge in [0, 0.05) is 17.3 Å². The lowest BCUT2D eigenvalue weighted by Crippen LogP contribution is -2.17. The normalized spacial score (nSPS) is 15.3. The maximum atomic E-state index is 11.7. The first-order valence-corrected chi connectivity index (χ1v) is 9.56. The topological polar surface area (TPSA) is 131 Å². The van der Waals surface area contributed by atoms with Gasteiger partial charge in [-0.3, -0.25) is 14.3 Å². The first-order valence-electron chi connectivity index (χ1n) is 9.56. The van der Waals surface area contributed by atoms with Gasteiger partial charge in [-0.05, 0) is 30.9 Å². The minimum atomic E-state index is -0.592. The second kappa shape index (κ2) is 7.75. The van der Waals surface area contributed by atoms with E-state index in [1.807, 2.05) is 10.9 Å². The van der Waals surface area contributed by atoms with E-state index in [-0.39, 0.29) is 11.7 Å². The second-order valence-corrected chi connectivity index (χ2v) is 7.26. The molecule has 2 amide bonds. The minimum Gasteiger partial charge on any atom is -0.364 e. The van der Waals surface area contributed by atoms with Crippen LogP contribution in [0.25, 0.3) is 16.6 Å². The summed E-state index contributed by atoms with van der Waals surface area (Å²) in [6.07, 6.45) is 10.6. The van der Waals surface area contributed by atoms with Crippen molar-refractivity contribution in [3.05, 3.63) is 36.4 Å². The molecule has 4 rings (SSSR count). The molecule has 29 heavy (non-hydrogen) atoms. The molecule has 0 spiro atoms. The Balaban J connectivity index is 1.82. The molecule has 3 aromatic heterocycles. The summed E-state index contributed by atoms with van der Waals surface area (Å²) in [5.41, 5.74) is 8.26. The molecule has 3 N–H and O–H groups in total. The van der Waals surface area contributed by atoms with Crippen molar-refractivity contribution >= 4 is 23.5 Å². The summed E-state index contributed by atoms with van der Waals surface area (Å²) in [4.78, 5) is 22.8. The molecule has 9 heteroatoms. The number of carbonyl (C=O) groups excluding carboxylic acids is 2. The highest BCUT2D eigenvalue weighted by Gasteiger charge is 2.27. The average molecular weight is 391 g/mol. The van der Waals surface area contributed by atoms with Crippen LogP contribution in [0.2, 0.25) is 0 Å². The van der Waals surface area contributed by atoms with Gasteiger partial charge in [0.2, 0.25) is 6.41 Å². The van der Waals surface area contributed by atoms with Gasteiger partial charge >= 0.3 is 0 Å². The van der Waals surface area contributed by atoms with Crippen molar-refractivity contribution in [1.82, 2.24) is 19.4 Å². The molecular weight excluding hydrogens is 370 g/mol. The molecule has 1 saturated carbocycles. The van der Waals surface area contributed by atoms with Gasteiger partial charge in [0.15, 0.2) is 0 Å². The van der Waals surface area contributed by atoms with E-state index < -0.39 is 5.91 Å². The van der Waals surface area contributed by atoms with Crippen LogP contribution in [0.3, 0.4) is 0 Å². The molecule has 3 aromatic rings. The van der Waals surface area contributed by atoms with Crippen LogP contribution in [0.4, 0.5) is 5.69 Å². The predicted octanol–water partition coefficient (Wildman–Crippen LogP) is 2.51. The van der Waals surface area contributed by atoms with Crippen LogP contribution in [-0.2, 0) is 4.79 Å². The maximum Gasteiger partial charge on any atom is 0.267 e. The van der Waals surface area contributed by atoms with Gasteiger partial charge in [-0.1, -0.05) is 12.8 Å². The molecule has 0 radical (unpaired) electrons. The number of anilines is 1. The fourth-order valence-corrected chi connectivity index (χ4v) is 4.28. The zero-order valence-corrected chi connectivity index (χ0v) is 15.8. The van der Waals surface area contributed by atoms with Crippen LogP contribution >= 0.6 is 0 Å². The van der Waals surface area contributed by atoms with E-state index in [1.54, 1.807) is 18.3 Å². The summed E-state index contributed by atoms with van der Waals surface area (Å²) in [5.74, 6) is -0.159. The molecule has 0 saturated heterocycles. The monoisotopic (exact) mass is 391 g/mol. The van der Waals surface area contributed by atoms with Crippen LogP contribution in [-0.4, -0.2) is 31.7 Å². The molecule has 1 aliphatic rings. The van der Waals surface area contributed by atoms with Crippen molar-refractivity contribution in [3.8, 4) is 17.2 Å². The van der Waals surface area contributed by atoms with Crippen molar-refractivity contribution in [2.45, 2.75) is 38.1 Å². The number of nitrogens with zero attached hydrogens (tertiary/aromatic N) is 5. The molecular formula is C20H21N7O2. The average Bonchev–Trinajstić information content (AvgIpc) is 3.46. The van der Waals surface area contributed by atoms with E-state index in [0.29, 0.717) is 35.5 Å². The molecule has 0 bridgehead atoms. The van der Waals surface area contributed by atoms with Crippen molar-refractivity contribution in [3.63, 3.8) is 0 Å². The van der Waals surface area contributed by atoms with Gasteiger partial charge < -0.3 is 11.1 Å². The number of carbonyl (C=O) groups is 2. The van der Waals surface area contributed by atoms with Gasteiger partial charge in [-0.15, -0.1) is 0 Å². The number of amides is 2. The lowest BCUT2D eigenvalue weighted by Gasteiger charge is -2.21. The Morgan fingerprint density at radius 2 is 2.14 bits per heavy atom. The molecule has 1 unspecified atom stereocenters. The molecule has 1 atom stereocenters. The Morgan fingerprint density at radius 3 is 2.83 bits per heavy atom.